The van der Waals surface area contributed by atoms with Gasteiger partial charge in [-0.15, -0.1) is 11.3 Å². The molecule has 2 rings (SSSR count). The van der Waals surface area contributed by atoms with Crippen molar-refractivity contribution in [3.05, 3.63) is 16.6 Å². The highest BCUT2D eigenvalue weighted by Gasteiger charge is 2.24. The van der Waals surface area contributed by atoms with E-state index in [2.05, 4.69) is 22.6 Å². The average Bonchev–Trinajstić information content (AvgIpc) is 2.89. The maximum absolute atomic E-state index is 4.39. The Morgan fingerprint density at radius 1 is 1.53 bits per heavy atom. The van der Waals surface area contributed by atoms with Gasteiger partial charge in [-0.05, 0) is 25.3 Å². The summed E-state index contributed by atoms with van der Waals surface area (Å²) in [5.41, 5.74) is 0. The van der Waals surface area contributed by atoms with Gasteiger partial charge in [-0.1, -0.05) is 19.8 Å². The number of likely N-dealkylation sites (N-methyl/N-ethyl adjacent to an activating group) is 1. The molecule has 1 aromatic heterocycles. The van der Waals surface area contributed by atoms with Crippen LogP contribution in [0.1, 0.15) is 37.6 Å². The summed E-state index contributed by atoms with van der Waals surface area (Å²) < 4.78 is 0. The summed E-state index contributed by atoms with van der Waals surface area (Å²) in [6.45, 7) is 3.27. The molecule has 0 spiro atoms. The molecular weight excluding hydrogens is 204 g/mol. The Labute approximate surface area is 96.1 Å². The summed E-state index contributed by atoms with van der Waals surface area (Å²) >= 11 is 1.78. The van der Waals surface area contributed by atoms with Gasteiger partial charge in [0.2, 0.25) is 0 Å². The number of nitrogens with zero attached hydrogens (tertiary/aromatic N) is 1. The topological polar surface area (TPSA) is 24.9 Å². The van der Waals surface area contributed by atoms with Gasteiger partial charge in [0.1, 0.15) is 0 Å². The zero-order valence-corrected chi connectivity index (χ0v) is 10.2. The first-order valence-corrected chi connectivity index (χ1v) is 6.90. The Morgan fingerprint density at radius 2 is 2.33 bits per heavy atom. The van der Waals surface area contributed by atoms with Gasteiger partial charge < -0.3 is 5.32 Å². The molecule has 1 saturated carbocycles. The molecule has 84 valence electrons. The highest BCUT2D eigenvalue weighted by atomic mass is 32.1. The minimum absolute atomic E-state index is 0.656. The van der Waals surface area contributed by atoms with Crippen LogP contribution in [-0.4, -0.2) is 17.6 Å². The van der Waals surface area contributed by atoms with Crippen LogP contribution < -0.4 is 5.32 Å². The standard InChI is InChI=1S/C12H20N2S/c1-2-13-11(10-5-3-4-6-10)9-12-14-7-8-15-12/h7-8,10-11,13H,2-6,9H2,1H3. The molecule has 0 aromatic carbocycles. The van der Waals surface area contributed by atoms with Gasteiger partial charge in [0, 0.05) is 24.0 Å². The predicted molar refractivity (Wildman–Crippen MR) is 65.2 cm³/mol. The molecule has 1 aliphatic rings. The minimum Gasteiger partial charge on any atom is -0.314 e. The zero-order valence-electron chi connectivity index (χ0n) is 9.41. The Hall–Kier alpha value is -0.410. The zero-order chi connectivity index (χ0) is 10.5. The van der Waals surface area contributed by atoms with Crippen molar-refractivity contribution in [1.29, 1.82) is 0 Å². The molecule has 0 bridgehead atoms. The number of aromatic nitrogens is 1. The van der Waals surface area contributed by atoms with Crippen molar-refractivity contribution < 1.29 is 0 Å². The van der Waals surface area contributed by atoms with Gasteiger partial charge in [0.25, 0.3) is 0 Å². The van der Waals surface area contributed by atoms with E-state index in [1.807, 2.05) is 6.20 Å². The SMILES string of the molecule is CCNC(Cc1nccs1)C1CCCC1. The second-order valence-corrected chi connectivity index (χ2v) is 5.32. The van der Waals surface area contributed by atoms with Crippen molar-refractivity contribution in [2.45, 2.75) is 45.1 Å². The summed E-state index contributed by atoms with van der Waals surface area (Å²) in [4.78, 5) is 4.39. The monoisotopic (exact) mass is 224 g/mol. The fraction of sp³-hybridized carbons (Fsp3) is 0.750. The van der Waals surface area contributed by atoms with Gasteiger partial charge in [-0.25, -0.2) is 4.98 Å². The van der Waals surface area contributed by atoms with E-state index in [4.69, 9.17) is 0 Å². The van der Waals surface area contributed by atoms with Gasteiger partial charge in [0.05, 0.1) is 5.01 Å². The fourth-order valence-electron chi connectivity index (χ4n) is 2.57. The largest absolute Gasteiger partial charge is 0.314 e. The van der Waals surface area contributed by atoms with Crippen molar-refractivity contribution in [3.8, 4) is 0 Å². The molecule has 0 amide bonds. The lowest BCUT2D eigenvalue weighted by Gasteiger charge is -2.23. The Kier molecular flexibility index (Phi) is 4.15. The average molecular weight is 224 g/mol. The quantitative estimate of drug-likeness (QED) is 0.832. The molecule has 1 unspecified atom stereocenters. The van der Waals surface area contributed by atoms with Crippen LogP contribution in [0.4, 0.5) is 0 Å². The summed E-state index contributed by atoms with van der Waals surface area (Å²) in [5.74, 6) is 0.883. The molecule has 15 heavy (non-hydrogen) atoms. The molecule has 0 aliphatic heterocycles. The van der Waals surface area contributed by atoms with Crippen LogP contribution in [0.3, 0.4) is 0 Å². The van der Waals surface area contributed by atoms with Crippen LogP contribution in [-0.2, 0) is 6.42 Å². The van der Waals surface area contributed by atoms with Crippen molar-refractivity contribution in [3.63, 3.8) is 0 Å². The third-order valence-electron chi connectivity index (χ3n) is 3.31. The second-order valence-electron chi connectivity index (χ2n) is 4.34. The normalized spacial score (nSPS) is 19.5. The molecule has 1 heterocycles. The summed E-state index contributed by atoms with van der Waals surface area (Å²) in [6, 6.07) is 0.656. The summed E-state index contributed by atoms with van der Waals surface area (Å²) in [7, 11) is 0. The predicted octanol–water partition coefficient (Wildman–Crippen LogP) is 2.85. The van der Waals surface area contributed by atoms with E-state index in [9.17, 15) is 0 Å². The molecule has 0 saturated heterocycles. The third kappa shape index (κ3) is 3.02. The molecular formula is C12H20N2S. The molecule has 1 aliphatic carbocycles. The number of nitrogens with one attached hydrogen (secondary N) is 1. The Morgan fingerprint density at radius 3 is 2.93 bits per heavy atom. The number of rotatable bonds is 5. The lowest BCUT2D eigenvalue weighted by atomic mass is 9.95. The van der Waals surface area contributed by atoms with Crippen LogP contribution >= 0.6 is 11.3 Å². The number of thiazole rings is 1. The molecule has 0 radical (unpaired) electrons. The van der Waals surface area contributed by atoms with Gasteiger partial charge >= 0.3 is 0 Å². The molecule has 1 aromatic rings. The lowest BCUT2D eigenvalue weighted by Crippen LogP contribution is -2.36. The van der Waals surface area contributed by atoms with Crippen LogP contribution in [0.15, 0.2) is 11.6 Å². The first-order chi connectivity index (χ1) is 7.40. The van der Waals surface area contributed by atoms with Crippen molar-refractivity contribution >= 4 is 11.3 Å². The first kappa shape index (κ1) is 11.1. The van der Waals surface area contributed by atoms with Gasteiger partial charge in [0.15, 0.2) is 0 Å². The van der Waals surface area contributed by atoms with Crippen LogP contribution in [0.5, 0.6) is 0 Å². The Bertz CT molecular complexity index is 265. The van der Waals surface area contributed by atoms with Crippen LogP contribution in [0.2, 0.25) is 0 Å². The van der Waals surface area contributed by atoms with E-state index in [0.29, 0.717) is 6.04 Å². The minimum atomic E-state index is 0.656. The molecule has 1 atom stereocenters. The maximum atomic E-state index is 4.39. The molecule has 1 fully saturated rings. The van der Waals surface area contributed by atoms with Crippen molar-refractivity contribution in [1.82, 2.24) is 10.3 Å². The fourth-order valence-corrected chi connectivity index (χ4v) is 3.25. The van der Waals surface area contributed by atoms with Crippen molar-refractivity contribution in [2.24, 2.45) is 5.92 Å². The van der Waals surface area contributed by atoms with E-state index in [0.717, 1.165) is 18.9 Å². The van der Waals surface area contributed by atoms with Gasteiger partial charge in [-0.3, -0.25) is 0 Å². The number of hydrogen-bond acceptors (Lipinski definition) is 3. The number of hydrogen-bond donors (Lipinski definition) is 1. The molecule has 3 heteroatoms. The third-order valence-corrected chi connectivity index (χ3v) is 4.12. The second kappa shape index (κ2) is 5.61. The maximum Gasteiger partial charge on any atom is 0.0940 e. The smallest absolute Gasteiger partial charge is 0.0940 e. The summed E-state index contributed by atoms with van der Waals surface area (Å²) in [6.07, 6.45) is 8.69. The van der Waals surface area contributed by atoms with E-state index in [1.54, 1.807) is 11.3 Å². The first-order valence-electron chi connectivity index (χ1n) is 6.02. The summed E-state index contributed by atoms with van der Waals surface area (Å²) in [5, 5.41) is 6.99. The molecule has 2 nitrogen and oxygen atoms in total. The van der Waals surface area contributed by atoms with E-state index < -0.39 is 0 Å². The van der Waals surface area contributed by atoms with Crippen LogP contribution in [0.25, 0.3) is 0 Å². The van der Waals surface area contributed by atoms with Gasteiger partial charge in [-0.2, -0.15) is 0 Å². The molecule has 1 N–H and O–H groups in total. The highest BCUT2D eigenvalue weighted by Crippen LogP contribution is 2.29. The van der Waals surface area contributed by atoms with E-state index in [1.165, 1.54) is 30.7 Å². The van der Waals surface area contributed by atoms with E-state index in [-0.39, 0.29) is 0 Å². The van der Waals surface area contributed by atoms with Crippen molar-refractivity contribution in [2.75, 3.05) is 6.54 Å². The van der Waals surface area contributed by atoms with Crippen LogP contribution in [0, 0.1) is 5.92 Å². The highest BCUT2D eigenvalue weighted by molar-refractivity contribution is 7.09. The van der Waals surface area contributed by atoms with E-state index >= 15 is 0 Å². The Balaban J connectivity index is 1.93. The lowest BCUT2D eigenvalue weighted by molar-refractivity contribution is 0.362.